The Hall–Kier alpha value is -3.86. The monoisotopic (exact) mass is 454 g/mol. The number of anilines is 1. The number of hydrogen-bond donors (Lipinski definition) is 1. The number of aromatic nitrogens is 1. The Morgan fingerprint density at radius 2 is 1.68 bits per heavy atom. The highest BCUT2D eigenvalue weighted by Crippen LogP contribution is 2.31. The number of aryl methyl sites for hydroxylation is 1. The van der Waals surface area contributed by atoms with Gasteiger partial charge in [0.1, 0.15) is 5.75 Å². The minimum Gasteiger partial charge on any atom is -0.495 e. The van der Waals surface area contributed by atoms with Gasteiger partial charge in [-0.1, -0.05) is 63.2 Å². The number of carbonyl (C=O) groups excluding carboxylic acids is 1. The van der Waals surface area contributed by atoms with Gasteiger partial charge in [0.15, 0.2) is 0 Å². The van der Waals surface area contributed by atoms with Gasteiger partial charge in [-0.3, -0.25) is 9.59 Å². The number of para-hydroxylation sites is 3. The quantitative estimate of drug-likeness (QED) is 0.403. The van der Waals surface area contributed by atoms with Crippen LogP contribution in [0.2, 0.25) is 0 Å². The highest BCUT2D eigenvalue weighted by Gasteiger charge is 2.23. The van der Waals surface area contributed by atoms with E-state index < -0.39 is 0 Å². The Morgan fingerprint density at radius 1 is 0.971 bits per heavy atom. The van der Waals surface area contributed by atoms with Crippen molar-refractivity contribution in [3.8, 4) is 5.75 Å². The number of nitrogens with one attached hydrogen (secondary N) is 1. The normalized spacial score (nSPS) is 11.4. The lowest BCUT2D eigenvalue weighted by molar-refractivity contribution is 0.0984. The van der Waals surface area contributed by atoms with E-state index >= 15 is 0 Å². The second-order valence-corrected chi connectivity index (χ2v) is 9.55. The van der Waals surface area contributed by atoms with Gasteiger partial charge < -0.3 is 14.6 Å². The lowest BCUT2D eigenvalue weighted by atomic mass is 9.86. The van der Waals surface area contributed by atoms with Crippen molar-refractivity contribution in [2.75, 3.05) is 12.0 Å². The minimum absolute atomic E-state index is 0.0135. The van der Waals surface area contributed by atoms with Crippen LogP contribution in [0.1, 0.15) is 47.8 Å². The average Bonchev–Trinajstić information content (AvgIpc) is 2.82. The zero-order chi connectivity index (χ0) is 24.5. The van der Waals surface area contributed by atoms with Gasteiger partial charge in [-0.25, -0.2) is 0 Å². The van der Waals surface area contributed by atoms with Crippen LogP contribution in [0.4, 0.5) is 5.69 Å². The van der Waals surface area contributed by atoms with E-state index in [0.29, 0.717) is 22.6 Å². The number of amides is 1. The van der Waals surface area contributed by atoms with Crippen LogP contribution in [0.5, 0.6) is 5.75 Å². The molecule has 1 aromatic heterocycles. The van der Waals surface area contributed by atoms with Gasteiger partial charge in [-0.05, 0) is 59.2 Å². The van der Waals surface area contributed by atoms with Crippen molar-refractivity contribution in [2.45, 2.75) is 39.7 Å². The molecule has 0 radical (unpaired) electrons. The standard InChI is InChI=1S/C29H30N2O3/c1-19-9-8-10-21-17-22(27(32)30-26(19)21)18-31(24-11-6-7-12-25(24)34-5)28(33)20-13-15-23(16-14-20)29(2,3)4/h6-17H,18H2,1-5H3,(H,30,32). The van der Waals surface area contributed by atoms with Gasteiger partial charge in [-0.2, -0.15) is 0 Å². The summed E-state index contributed by atoms with van der Waals surface area (Å²) in [6.45, 7) is 8.49. The van der Waals surface area contributed by atoms with E-state index in [1.54, 1.807) is 12.0 Å². The van der Waals surface area contributed by atoms with Gasteiger partial charge in [-0.15, -0.1) is 0 Å². The van der Waals surface area contributed by atoms with Crippen LogP contribution >= 0.6 is 0 Å². The Balaban J connectivity index is 1.79. The summed E-state index contributed by atoms with van der Waals surface area (Å²) in [5, 5.41) is 0.927. The van der Waals surface area contributed by atoms with Crippen LogP contribution in [0, 0.1) is 6.92 Å². The molecule has 34 heavy (non-hydrogen) atoms. The van der Waals surface area contributed by atoms with E-state index in [9.17, 15) is 9.59 Å². The van der Waals surface area contributed by atoms with E-state index in [2.05, 4.69) is 25.8 Å². The number of methoxy groups -OCH3 is 1. The molecule has 0 aliphatic carbocycles. The number of carbonyl (C=O) groups is 1. The number of benzene rings is 3. The summed E-state index contributed by atoms with van der Waals surface area (Å²) in [6.07, 6.45) is 0. The SMILES string of the molecule is COc1ccccc1N(Cc1cc2cccc(C)c2[nH]c1=O)C(=O)c1ccc(C(C)(C)C)cc1. The second kappa shape index (κ2) is 9.18. The maximum atomic E-state index is 13.8. The predicted molar refractivity (Wildman–Crippen MR) is 138 cm³/mol. The topological polar surface area (TPSA) is 62.4 Å². The Bertz CT molecular complexity index is 1400. The minimum atomic E-state index is -0.211. The molecule has 0 saturated heterocycles. The molecule has 0 spiro atoms. The summed E-state index contributed by atoms with van der Waals surface area (Å²) in [5.41, 5.74) is 4.39. The molecule has 5 nitrogen and oxygen atoms in total. The van der Waals surface area contributed by atoms with Crippen molar-refractivity contribution < 1.29 is 9.53 Å². The molecule has 0 aliphatic rings. The van der Waals surface area contributed by atoms with Gasteiger partial charge >= 0.3 is 0 Å². The highest BCUT2D eigenvalue weighted by atomic mass is 16.5. The first-order valence-corrected chi connectivity index (χ1v) is 11.4. The molecule has 4 rings (SSSR count). The maximum absolute atomic E-state index is 13.8. The lowest BCUT2D eigenvalue weighted by Crippen LogP contribution is -2.33. The van der Waals surface area contributed by atoms with Crippen molar-refractivity contribution in [1.29, 1.82) is 0 Å². The van der Waals surface area contributed by atoms with Crippen LogP contribution in [0.25, 0.3) is 10.9 Å². The molecule has 0 unspecified atom stereocenters. The number of nitrogens with zero attached hydrogens (tertiary/aromatic N) is 1. The van der Waals surface area contributed by atoms with Crippen molar-refractivity contribution in [3.05, 3.63) is 105 Å². The predicted octanol–water partition coefficient (Wildman–Crippen LogP) is 5.99. The molecule has 0 saturated carbocycles. The van der Waals surface area contributed by atoms with Crippen molar-refractivity contribution >= 4 is 22.5 Å². The zero-order valence-electron chi connectivity index (χ0n) is 20.3. The van der Waals surface area contributed by atoms with Crippen LogP contribution in [0.15, 0.2) is 77.6 Å². The fourth-order valence-electron chi connectivity index (χ4n) is 4.10. The number of aromatic amines is 1. The van der Waals surface area contributed by atoms with Gasteiger partial charge in [0.2, 0.25) is 0 Å². The van der Waals surface area contributed by atoms with Gasteiger partial charge in [0.25, 0.3) is 11.5 Å². The summed E-state index contributed by atoms with van der Waals surface area (Å²) in [5.74, 6) is 0.365. The molecular formula is C29H30N2O3. The molecule has 1 N–H and O–H groups in total. The van der Waals surface area contributed by atoms with E-state index in [1.807, 2.05) is 79.7 Å². The summed E-state index contributed by atoms with van der Waals surface area (Å²) < 4.78 is 5.55. The third-order valence-corrected chi connectivity index (χ3v) is 6.11. The van der Waals surface area contributed by atoms with E-state index in [-0.39, 0.29) is 23.4 Å². The molecule has 5 heteroatoms. The summed E-state index contributed by atoms with van der Waals surface area (Å²) in [7, 11) is 1.57. The van der Waals surface area contributed by atoms with Gasteiger partial charge in [0.05, 0.1) is 24.9 Å². The number of ether oxygens (including phenoxy) is 1. The fourth-order valence-corrected chi connectivity index (χ4v) is 4.10. The largest absolute Gasteiger partial charge is 0.495 e. The van der Waals surface area contributed by atoms with E-state index in [0.717, 1.165) is 22.0 Å². The molecule has 0 aliphatic heterocycles. The number of hydrogen-bond acceptors (Lipinski definition) is 3. The van der Waals surface area contributed by atoms with Crippen LogP contribution in [-0.4, -0.2) is 18.0 Å². The molecular weight excluding hydrogens is 424 g/mol. The Morgan fingerprint density at radius 3 is 2.35 bits per heavy atom. The van der Waals surface area contributed by atoms with Crippen molar-refractivity contribution in [2.24, 2.45) is 0 Å². The summed E-state index contributed by atoms with van der Waals surface area (Å²) >= 11 is 0. The molecule has 0 atom stereocenters. The average molecular weight is 455 g/mol. The molecule has 1 amide bonds. The molecule has 174 valence electrons. The zero-order valence-corrected chi connectivity index (χ0v) is 20.3. The number of H-pyrrole nitrogens is 1. The summed E-state index contributed by atoms with van der Waals surface area (Å²) in [4.78, 5) is 31.4. The summed E-state index contributed by atoms with van der Waals surface area (Å²) in [6, 6.07) is 22.8. The van der Waals surface area contributed by atoms with Crippen molar-refractivity contribution in [3.63, 3.8) is 0 Å². The smallest absolute Gasteiger partial charge is 0.258 e. The van der Waals surface area contributed by atoms with Crippen LogP contribution in [-0.2, 0) is 12.0 Å². The van der Waals surface area contributed by atoms with E-state index in [4.69, 9.17) is 4.74 Å². The van der Waals surface area contributed by atoms with E-state index in [1.165, 1.54) is 0 Å². The molecule has 0 bridgehead atoms. The molecule has 4 aromatic rings. The van der Waals surface area contributed by atoms with Crippen molar-refractivity contribution in [1.82, 2.24) is 4.98 Å². The third kappa shape index (κ3) is 4.60. The van der Waals surface area contributed by atoms with Crippen LogP contribution < -0.4 is 15.2 Å². The third-order valence-electron chi connectivity index (χ3n) is 6.11. The first-order valence-electron chi connectivity index (χ1n) is 11.4. The molecule has 1 heterocycles. The first kappa shape index (κ1) is 23.3. The Labute approximate surface area is 200 Å². The number of fused-ring (bicyclic) bond motifs is 1. The van der Waals surface area contributed by atoms with Crippen LogP contribution in [0.3, 0.4) is 0 Å². The Kier molecular flexibility index (Phi) is 6.29. The molecule has 0 fully saturated rings. The lowest BCUT2D eigenvalue weighted by Gasteiger charge is -2.25. The fraction of sp³-hybridized carbons (Fsp3) is 0.241. The second-order valence-electron chi connectivity index (χ2n) is 9.55. The molecule has 3 aromatic carbocycles. The highest BCUT2D eigenvalue weighted by molar-refractivity contribution is 6.06. The number of rotatable bonds is 5. The maximum Gasteiger partial charge on any atom is 0.258 e. The first-order chi connectivity index (χ1) is 16.2. The van der Waals surface area contributed by atoms with Gasteiger partial charge in [0, 0.05) is 11.1 Å². The number of pyridine rings is 1.